The van der Waals surface area contributed by atoms with Crippen molar-refractivity contribution in [2.45, 2.75) is 19.3 Å². The van der Waals surface area contributed by atoms with E-state index in [9.17, 15) is 31.1 Å². The molecule has 0 bridgehead atoms. The summed E-state index contributed by atoms with van der Waals surface area (Å²) in [4.78, 5) is 10.3. The normalized spacial score (nSPS) is 12.6. The van der Waals surface area contributed by atoms with E-state index in [4.69, 9.17) is 0 Å². The van der Waals surface area contributed by atoms with Gasteiger partial charge in [0.1, 0.15) is 6.29 Å². The van der Waals surface area contributed by atoms with Crippen LogP contribution in [0.25, 0.3) is 0 Å². The number of carbonyl (C=O) groups excluding carboxylic acids is 1. The van der Waals surface area contributed by atoms with Crippen LogP contribution in [0.1, 0.15) is 27.0 Å². The molecule has 1 aromatic carbocycles. The quantitative estimate of drug-likeness (QED) is 0.551. The van der Waals surface area contributed by atoms with Gasteiger partial charge in [0.15, 0.2) is 0 Å². The lowest BCUT2D eigenvalue weighted by atomic mass is 9.98. The summed E-state index contributed by atoms with van der Waals surface area (Å²) < 4.78 is 74.7. The smallest absolute Gasteiger partial charge is 0.298 e. The zero-order valence-electron chi connectivity index (χ0n) is 8.41. The second-order valence-corrected chi connectivity index (χ2v) is 3.35. The zero-order chi connectivity index (χ0) is 13.4. The predicted octanol–water partition coefficient (Wildman–Crippen LogP) is 3.85. The van der Waals surface area contributed by atoms with Gasteiger partial charge in [-0.15, -0.1) is 0 Å². The van der Waals surface area contributed by atoms with Crippen molar-refractivity contribution in [2.75, 3.05) is 0 Å². The van der Waals surface area contributed by atoms with Crippen LogP contribution in [0.15, 0.2) is 12.1 Å². The Labute approximate surface area is 92.0 Å². The molecule has 0 aliphatic rings. The Bertz CT molecular complexity index is 408. The Morgan fingerprint density at radius 3 is 1.53 bits per heavy atom. The molecule has 7 heteroatoms. The number of halogens is 6. The highest BCUT2D eigenvalue weighted by Gasteiger charge is 2.39. The van der Waals surface area contributed by atoms with Crippen molar-refractivity contribution in [3.05, 3.63) is 34.4 Å². The Hall–Kier alpha value is -1.53. The highest BCUT2D eigenvalue weighted by Crippen LogP contribution is 2.39. The molecule has 0 heterocycles. The van der Waals surface area contributed by atoms with Crippen LogP contribution in [0.3, 0.4) is 0 Å². The van der Waals surface area contributed by atoms with Crippen LogP contribution in [0.2, 0.25) is 0 Å². The van der Waals surface area contributed by atoms with Gasteiger partial charge in [0.25, 0.3) is 0 Å². The molecule has 1 rings (SSSR count). The minimum Gasteiger partial charge on any atom is -0.298 e. The minimum atomic E-state index is -4.93. The van der Waals surface area contributed by atoms with E-state index in [1.807, 2.05) is 0 Å². The van der Waals surface area contributed by atoms with E-state index in [2.05, 4.69) is 0 Å². The van der Waals surface area contributed by atoms with Crippen molar-refractivity contribution in [1.82, 2.24) is 0 Å². The molecule has 0 saturated heterocycles. The third kappa shape index (κ3) is 2.78. The van der Waals surface area contributed by atoms with E-state index in [1.54, 1.807) is 0 Å². The van der Waals surface area contributed by atoms with E-state index in [0.29, 0.717) is 12.1 Å². The van der Waals surface area contributed by atoms with E-state index in [-0.39, 0.29) is 6.29 Å². The van der Waals surface area contributed by atoms with Gasteiger partial charge in [-0.1, -0.05) is 0 Å². The molecule has 0 atom stereocenters. The van der Waals surface area contributed by atoms with E-state index in [0.717, 1.165) is 6.92 Å². The van der Waals surface area contributed by atoms with Gasteiger partial charge in [0.05, 0.1) is 11.1 Å². The van der Waals surface area contributed by atoms with Crippen molar-refractivity contribution >= 4 is 6.29 Å². The van der Waals surface area contributed by atoms with Gasteiger partial charge in [-0.05, 0) is 24.6 Å². The zero-order valence-corrected chi connectivity index (χ0v) is 8.41. The van der Waals surface area contributed by atoms with Crippen LogP contribution in [0.4, 0.5) is 26.3 Å². The highest BCUT2D eigenvalue weighted by molar-refractivity contribution is 5.76. The number of aldehydes is 1. The van der Waals surface area contributed by atoms with Gasteiger partial charge < -0.3 is 0 Å². The van der Waals surface area contributed by atoms with Crippen LogP contribution < -0.4 is 0 Å². The average molecular weight is 256 g/mol. The summed E-state index contributed by atoms with van der Waals surface area (Å²) in [5.74, 6) is 0. The van der Waals surface area contributed by atoms with Crippen molar-refractivity contribution < 1.29 is 31.1 Å². The molecule has 0 radical (unpaired) electrons. The fourth-order valence-electron chi connectivity index (χ4n) is 1.39. The number of rotatable bonds is 1. The molecule has 0 spiro atoms. The van der Waals surface area contributed by atoms with Gasteiger partial charge in [0, 0.05) is 5.56 Å². The fourth-order valence-corrected chi connectivity index (χ4v) is 1.39. The van der Waals surface area contributed by atoms with Gasteiger partial charge in [-0.2, -0.15) is 26.3 Å². The molecular formula is C10H6F6O. The standard InChI is InChI=1S/C10H6F6O/c1-5-7(9(11,12)13)2-6(4-17)3-8(5)10(14,15)16/h2-4H,1H3. The van der Waals surface area contributed by atoms with Crippen molar-refractivity contribution in [3.63, 3.8) is 0 Å². The van der Waals surface area contributed by atoms with E-state index >= 15 is 0 Å². The second kappa shape index (κ2) is 4.05. The Balaban J connectivity index is 3.59. The lowest BCUT2D eigenvalue weighted by Gasteiger charge is -2.16. The summed E-state index contributed by atoms with van der Waals surface area (Å²) in [6.07, 6.45) is -9.91. The third-order valence-corrected chi connectivity index (χ3v) is 2.18. The van der Waals surface area contributed by atoms with Crippen LogP contribution in [-0.2, 0) is 12.4 Å². The maximum absolute atomic E-state index is 12.4. The number of benzene rings is 1. The first-order valence-electron chi connectivity index (χ1n) is 4.31. The van der Waals surface area contributed by atoms with Gasteiger partial charge >= 0.3 is 12.4 Å². The minimum absolute atomic E-state index is 0.0517. The molecule has 0 aromatic heterocycles. The molecular weight excluding hydrogens is 250 g/mol. The summed E-state index contributed by atoms with van der Waals surface area (Å²) >= 11 is 0. The Kier molecular flexibility index (Phi) is 3.22. The summed E-state index contributed by atoms with van der Waals surface area (Å²) in [5.41, 5.74) is -4.49. The maximum atomic E-state index is 12.4. The second-order valence-electron chi connectivity index (χ2n) is 3.35. The van der Waals surface area contributed by atoms with E-state index < -0.39 is 34.6 Å². The number of alkyl halides is 6. The van der Waals surface area contributed by atoms with Crippen molar-refractivity contribution in [3.8, 4) is 0 Å². The molecule has 0 saturated carbocycles. The molecule has 1 aromatic rings. The van der Waals surface area contributed by atoms with Crippen LogP contribution in [0, 0.1) is 6.92 Å². The molecule has 0 fully saturated rings. The number of hydrogen-bond acceptors (Lipinski definition) is 1. The molecule has 94 valence electrons. The Morgan fingerprint density at radius 2 is 1.29 bits per heavy atom. The topological polar surface area (TPSA) is 17.1 Å². The molecule has 0 amide bonds. The lowest BCUT2D eigenvalue weighted by molar-refractivity contribution is -0.143. The van der Waals surface area contributed by atoms with E-state index in [1.165, 1.54) is 0 Å². The molecule has 0 aliphatic carbocycles. The van der Waals surface area contributed by atoms with Gasteiger partial charge in [0.2, 0.25) is 0 Å². The monoisotopic (exact) mass is 256 g/mol. The Morgan fingerprint density at radius 1 is 0.941 bits per heavy atom. The van der Waals surface area contributed by atoms with Crippen LogP contribution >= 0.6 is 0 Å². The summed E-state index contributed by atoms with van der Waals surface area (Å²) in [5, 5.41) is 0. The van der Waals surface area contributed by atoms with Crippen LogP contribution in [-0.4, -0.2) is 6.29 Å². The maximum Gasteiger partial charge on any atom is 0.416 e. The summed E-state index contributed by atoms with van der Waals surface area (Å²) in [6.45, 7) is 0.722. The first-order valence-corrected chi connectivity index (χ1v) is 4.31. The van der Waals surface area contributed by atoms with Gasteiger partial charge in [-0.25, -0.2) is 0 Å². The number of hydrogen-bond donors (Lipinski definition) is 0. The predicted molar refractivity (Wildman–Crippen MR) is 46.6 cm³/mol. The average Bonchev–Trinajstić information content (AvgIpc) is 2.14. The lowest BCUT2D eigenvalue weighted by Crippen LogP contribution is -2.15. The molecule has 17 heavy (non-hydrogen) atoms. The van der Waals surface area contributed by atoms with Gasteiger partial charge in [-0.3, -0.25) is 4.79 Å². The molecule has 0 N–H and O–H groups in total. The first kappa shape index (κ1) is 13.5. The SMILES string of the molecule is Cc1c(C(F)(F)F)cc(C=O)cc1C(F)(F)F. The largest absolute Gasteiger partial charge is 0.416 e. The van der Waals surface area contributed by atoms with Crippen molar-refractivity contribution in [2.24, 2.45) is 0 Å². The first-order chi connectivity index (χ1) is 7.57. The van der Waals surface area contributed by atoms with Crippen molar-refractivity contribution in [1.29, 1.82) is 0 Å². The summed E-state index contributed by atoms with van der Waals surface area (Å²) in [7, 11) is 0. The molecule has 0 unspecified atom stereocenters. The fraction of sp³-hybridized carbons (Fsp3) is 0.300. The summed E-state index contributed by atoms with van der Waals surface area (Å²) in [6, 6.07) is 0.801. The third-order valence-electron chi connectivity index (χ3n) is 2.18. The van der Waals surface area contributed by atoms with Crippen LogP contribution in [0.5, 0.6) is 0 Å². The highest BCUT2D eigenvalue weighted by atomic mass is 19.4. The molecule has 0 aliphatic heterocycles. The molecule has 1 nitrogen and oxygen atoms in total. The number of carbonyl (C=O) groups is 1.